The highest BCUT2D eigenvalue weighted by molar-refractivity contribution is 7.17. The van der Waals surface area contributed by atoms with E-state index >= 15 is 0 Å². The summed E-state index contributed by atoms with van der Waals surface area (Å²) in [7, 11) is 0. The first-order chi connectivity index (χ1) is 11.5. The Labute approximate surface area is 144 Å². The molecular weight excluding hydrogens is 330 g/mol. The molecular formula is C17H21NO5S. The van der Waals surface area contributed by atoms with E-state index < -0.39 is 17.8 Å². The van der Waals surface area contributed by atoms with Gasteiger partial charge >= 0.3 is 11.9 Å². The molecule has 130 valence electrons. The Morgan fingerprint density at radius 2 is 1.96 bits per heavy atom. The highest BCUT2D eigenvalue weighted by Crippen LogP contribution is 2.38. The van der Waals surface area contributed by atoms with Crippen LogP contribution in [0.5, 0.6) is 0 Å². The van der Waals surface area contributed by atoms with Crippen molar-refractivity contribution in [1.29, 1.82) is 0 Å². The average Bonchev–Trinajstić information content (AvgIpc) is 2.72. The zero-order valence-corrected chi connectivity index (χ0v) is 14.4. The van der Waals surface area contributed by atoms with Gasteiger partial charge in [-0.3, -0.25) is 4.79 Å². The summed E-state index contributed by atoms with van der Waals surface area (Å²) < 4.78 is 5.27. The summed E-state index contributed by atoms with van der Waals surface area (Å²) in [5.74, 6) is -2.19. The molecule has 2 rings (SSSR count). The third-order valence-corrected chi connectivity index (χ3v) is 4.88. The molecule has 0 aliphatic heterocycles. The van der Waals surface area contributed by atoms with E-state index in [2.05, 4.69) is 5.32 Å². The summed E-state index contributed by atoms with van der Waals surface area (Å²) in [5, 5.41) is 11.7. The lowest BCUT2D eigenvalue weighted by Gasteiger charge is -2.08. The van der Waals surface area contributed by atoms with Crippen LogP contribution in [0.1, 0.15) is 53.4 Å². The van der Waals surface area contributed by atoms with Crippen LogP contribution >= 0.6 is 11.3 Å². The Bertz CT molecular complexity index is 662. The number of esters is 1. The Kier molecular flexibility index (Phi) is 6.54. The number of carbonyl (C=O) groups is 3. The number of fused-ring (bicyclic) bond motifs is 1. The van der Waals surface area contributed by atoms with E-state index in [-0.39, 0.29) is 0 Å². The maximum Gasteiger partial charge on any atom is 0.341 e. The minimum absolute atomic E-state index is 0.329. The number of thiophene rings is 1. The van der Waals surface area contributed by atoms with Gasteiger partial charge in [0.2, 0.25) is 5.91 Å². The number of carboxylic acid groups (broad SMARTS) is 1. The summed E-state index contributed by atoms with van der Waals surface area (Å²) >= 11 is 1.39. The van der Waals surface area contributed by atoms with Crippen LogP contribution in [0.4, 0.5) is 5.00 Å². The standard InChI is InChI=1S/C17H21NO5S/c1-2-10-23-17(22)15-11-6-4-3-5-7-12(11)24-16(15)18-13(19)8-9-14(20)21/h8-9H,2-7,10H2,1H3,(H,18,19)(H,20,21)/b9-8+. The molecule has 1 amide bonds. The molecule has 24 heavy (non-hydrogen) atoms. The number of ether oxygens (including phenoxy) is 1. The second-order valence-electron chi connectivity index (χ2n) is 5.57. The number of anilines is 1. The molecule has 0 saturated carbocycles. The van der Waals surface area contributed by atoms with Crippen LogP contribution in [0, 0.1) is 0 Å². The van der Waals surface area contributed by atoms with Crippen molar-refractivity contribution in [2.24, 2.45) is 0 Å². The first-order valence-electron chi connectivity index (χ1n) is 8.06. The van der Waals surface area contributed by atoms with Gasteiger partial charge in [0, 0.05) is 17.0 Å². The number of carbonyl (C=O) groups excluding carboxylic acids is 2. The zero-order valence-electron chi connectivity index (χ0n) is 13.6. The summed E-state index contributed by atoms with van der Waals surface area (Å²) in [4.78, 5) is 35.9. The molecule has 0 aromatic carbocycles. The first-order valence-corrected chi connectivity index (χ1v) is 8.88. The fourth-order valence-corrected chi connectivity index (χ4v) is 3.89. The number of amides is 1. The van der Waals surface area contributed by atoms with Gasteiger partial charge < -0.3 is 15.2 Å². The predicted octanol–water partition coefficient (Wildman–Crippen LogP) is 3.16. The number of carboxylic acids is 1. The Morgan fingerprint density at radius 3 is 2.67 bits per heavy atom. The Hall–Kier alpha value is -2.15. The van der Waals surface area contributed by atoms with E-state index in [9.17, 15) is 14.4 Å². The van der Waals surface area contributed by atoms with Crippen molar-refractivity contribution in [3.05, 3.63) is 28.2 Å². The lowest BCUT2D eigenvalue weighted by Crippen LogP contribution is -2.14. The molecule has 6 nitrogen and oxygen atoms in total. The summed E-state index contributed by atoms with van der Waals surface area (Å²) in [6.45, 7) is 2.25. The van der Waals surface area contributed by atoms with Crippen molar-refractivity contribution in [2.75, 3.05) is 11.9 Å². The van der Waals surface area contributed by atoms with Crippen LogP contribution < -0.4 is 5.32 Å². The smallest absolute Gasteiger partial charge is 0.341 e. The SMILES string of the molecule is CCCOC(=O)c1c(NC(=O)/C=C/C(=O)O)sc2c1CCCCC2. The molecule has 0 unspecified atom stereocenters. The van der Waals surface area contributed by atoms with Crippen molar-refractivity contribution in [2.45, 2.75) is 45.4 Å². The van der Waals surface area contributed by atoms with Gasteiger partial charge in [-0.2, -0.15) is 0 Å². The van der Waals surface area contributed by atoms with Crippen LogP contribution in [-0.4, -0.2) is 29.6 Å². The summed E-state index contributed by atoms with van der Waals surface area (Å²) in [6.07, 6.45) is 7.29. The van der Waals surface area contributed by atoms with Crippen LogP contribution in [-0.2, 0) is 27.2 Å². The fourth-order valence-electron chi connectivity index (χ4n) is 2.61. The normalized spacial score (nSPS) is 14.0. The largest absolute Gasteiger partial charge is 0.478 e. The third-order valence-electron chi connectivity index (χ3n) is 3.68. The van der Waals surface area contributed by atoms with Gasteiger partial charge in [0.05, 0.1) is 12.2 Å². The van der Waals surface area contributed by atoms with Gasteiger partial charge in [0.25, 0.3) is 0 Å². The topological polar surface area (TPSA) is 92.7 Å². The van der Waals surface area contributed by atoms with E-state index in [4.69, 9.17) is 9.84 Å². The second kappa shape index (κ2) is 8.63. The predicted molar refractivity (Wildman–Crippen MR) is 91.6 cm³/mol. The Morgan fingerprint density at radius 1 is 1.21 bits per heavy atom. The molecule has 1 aliphatic rings. The fraction of sp³-hybridized carbons (Fsp3) is 0.471. The first kappa shape index (κ1) is 18.2. The third kappa shape index (κ3) is 4.67. The van der Waals surface area contributed by atoms with Crippen LogP contribution in [0.3, 0.4) is 0 Å². The number of rotatable bonds is 6. The molecule has 7 heteroatoms. The maximum atomic E-state index is 12.4. The summed E-state index contributed by atoms with van der Waals surface area (Å²) in [5.41, 5.74) is 1.40. The second-order valence-corrected chi connectivity index (χ2v) is 6.67. The molecule has 0 spiro atoms. The number of hydrogen-bond donors (Lipinski definition) is 2. The van der Waals surface area contributed by atoms with Crippen LogP contribution in [0.15, 0.2) is 12.2 Å². The van der Waals surface area contributed by atoms with E-state index in [1.54, 1.807) is 0 Å². The monoisotopic (exact) mass is 351 g/mol. The van der Waals surface area contributed by atoms with E-state index in [1.165, 1.54) is 11.3 Å². The van der Waals surface area contributed by atoms with Gasteiger partial charge in [0.1, 0.15) is 5.00 Å². The molecule has 0 saturated heterocycles. The average molecular weight is 351 g/mol. The van der Waals surface area contributed by atoms with Crippen molar-refractivity contribution in [3.63, 3.8) is 0 Å². The molecule has 0 bridgehead atoms. The molecule has 1 aromatic heterocycles. The van der Waals surface area contributed by atoms with Crippen molar-refractivity contribution in [3.8, 4) is 0 Å². The lowest BCUT2D eigenvalue weighted by atomic mass is 10.1. The molecule has 0 radical (unpaired) electrons. The van der Waals surface area contributed by atoms with Gasteiger partial charge in [-0.1, -0.05) is 13.3 Å². The molecule has 0 atom stereocenters. The number of aliphatic carboxylic acids is 1. The molecule has 1 heterocycles. The minimum Gasteiger partial charge on any atom is -0.478 e. The molecule has 1 aliphatic carbocycles. The van der Waals surface area contributed by atoms with E-state index in [1.807, 2.05) is 6.92 Å². The number of aryl methyl sites for hydroxylation is 1. The molecule has 2 N–H and O–H groups in total. The van der Waals surface area contributed by atoms with Crippen molar-refractivity contribution >= 4 is 34.2 Å². The van der Waals surface area contributed by atoms with Gasteiger partial charge in [-0.15, -0.1) is 11.3 Å². The minimum atomic E-state index is -1.20. The Balaban J connectivity index is 2.30. The van der Waals surface area contributed by atoms with E-state index in [0.29, 0.717) is 17.2 Å². The van der Waals surface area contributed by atoms with Gasteiger partial charge in [-0.25, -0.2) is 9.59 Å². The lowest BCUT2D eigenvalue weighted by molar-refractivity contribution is -0.131. The van der Waals surface area contributed by atoms with Gasteiger partial charge in [0.15, 0.2) is 0 Å². The highest BCUT2D eigenvalue weighted by Gasteiger charge is 2.26. The maximum absolute atomic E-state index is 12.4. The number of nitrogens with one attached hydrogen (secondary N) is 1. The van der Waals surface area contributed by atoms with Crippen LogP contribution in [0.2, 0.25) is 0 Å². The van der Waals surface area contributed by atoms with Crippen molar-refractivity contribution in [1.82, 2.24) is 0 Å². The zero-order chi connectivity index (χ0) is 17.5. The van der Waals surface area contributed by atoms with Crippen molar-refractivity contribution < 1.29 is 24.2 Å². The molecule has 0 fully saturated rings. The molecule has 1 aromatic rings. The van der Waals surface area contributed by atoms with Gasteiger partial charge in [-0.05, 0) is 37.7 Å². The quantitative estimate of drug-likeness (QED) is 0.466. The highest BCUT2D eigenvalue weighted by atomic mass is 32.1. The van der Waals surface area contributed by atoms with Crippen LogP contribution in [0.25, 0.3) is 0 Å². The summed E-state index contributed by atoms with van der Waals surface area (Å²) in [6, 6.07) is 0. The number of hydrogen-bond acceptors (Lipinski definition) is 5. The van der Waals surface area contributed by atoms with E-state index in [0.717, 1.165) is 61.1 Å².